The highest BCUT2D eigenvalue weighted by Gasteiger charge is 2.06. The third-order valence-electron chi connectivity index (χ3n) is 4.88. The molecule has 0 aliphatic carbocycles. The number of methoxy groups -OCH3 is 1. The quantitative estimate of drug-likeness (QED) is 0.130. The number of rotatable bonds is 11. The highest BCUT2D eigenvalue weighted by atomic mass is 32.2. The van der Waals surface area contributed by atoms with Crippen LogP contribution in [0.3, 0.4) is 0 Å². The van der Waals surface area contributed by atoms with E-state index in [4.69, 9.17) is 9.47 Å². The summed E-state index contributed by atoms with van der Waals surface area (Å²) in [5.41, 5.74) is 2.95. The standard InChI is InChI=1S/C28H24N2O3S2/c1-32-25-15-9-21(10-16-25)7-13-24(31)14-8-22-11-17-26(18-12-22)33-19-20-34-28-30-29-27(35-28)23-5-3-2-4-6-23/h2-18H,19-20H2,1H3/b13-7+,14-8+. The summed E-state index contributed by atoms with van der Waals surface area (Å²) in [7, 11) is 1.63. The van der Waals surface area contributed by atoms with Crippen LogP contribution in [0, 0.1) is 0 Å². The van der Waals surface area contributed by atoms with Crippen LogP contribution in [0.2, 0.25) is 0 Å². The summed E-state index contributed by atoms with van der Waals surface area (Å²) in [4.78, 5) is 12.1. The van der Waals surface area contributed by atoms with Crippen molar-refractivity contribution in [1.29, 1.82) is 0 Å². The third kappa shape index (κ3) is 7.67. The summed E-state index contributed by atoms with van der Waals surface area (Å²) in [5, 5.41) is 9.44. The predicted molar refractivity (Wildman–Crippen MR) is 144 cm³/mol. The Labute approximate surface area is 213 Å². The fraction of sp³-hybridized carbons (Fsp3) is 0.107. The lowest BCUT2D eigenvalue weighted by Gasteiger charge is -2.05. The smallest absolute Gasteiger partial charge is 0.178 e. The second kappa shape index (κ2) is 12.7. The van der Waals surface area contributed by atoms with Crippen LogP contribution in [0.4, 0.5) is 0 Å². The van der Waals surface area contributed by atoms with Gasteiger partial charge >= 0.3 is 0 Å². The molecule has 5 nitrogen and oxygen atoms in total. The number of ketones is 1. The van der Waals surface area contributed by atoms with Crippen LogP contribution in [-0.2, 0) is 4.79 Å². The zero-order valence-corrected chi connectivity index (χ0v) is 20.8. The summed E-state index contributed by atoms with van der Waals surface area (Å²) < 4.78 is 11.9. The van der Waals surface area contributed by atoms with Crippen LogP contribution in [0.15, 0.2) is 95.4 Å². The van der Waals surface area contributed by atoms with Crippen LogP contribution in [0.25, 0.3) is 22.7 Å². The molecule has 0 aliphatic rings. The number of carbonyl (C=O) groups excluding carboxylic acids is 1. The Balaban J connectivity index is 1.19. The number of allylic oxidation sites excluding steroid dienone is 2. The first-order chi connectivity index (χ1) is 17.2. The minimum atomic E-state index is -0.0785. The first-order valence-electron chi connectivity index (χ1n) is 11.0. The maximum atomic E-state index is 12.1. The molecule has 0 saturated heterocycles. The molecule has 0 spiro atoms. The van der Waals surface area contributed by atoms with E-state index in [1.807, 2.05) is 78.9 Å². The monoisotopic (exact) mass is 500 g/mol. The molecule has 0 bridgehead atoms. The van der Waals surface area contributed by atoms with Gasteiger partial charge in [0.2, 0.25) is 0 Å². The minimum absolute atomic E-state index is 0.0785. The van der Waals surface area contributed by atoms with Gasteiger partial charge in [0, 0.05) is 11.3 Å². The molecule has 0 atom stereocenters. The maximum Gasteiger partial charge on any atom is 0.178 e. The van der Waals surface area contributed by atoms with Gasteiger partial charge in [-0.05, 0) is 47.5 Å². The average Bonchev–Trinajstić information content (AvgIpc) is 3.39. The van der Waals surface area contributed by atoms with E-state index < -0.39 is 0 Å². The Morgan fingerprint density at radius 3 is 2.11 bits per heavy atom. The first-order valence-corrected chi connectivity index (χ1v) is 12.8. The molecule has 0 unspecified atom stereocenters. The topological polar surface area (TPSA) is 61.3 Å². The summed E-state index contributed by atoms with van der Waals surface area (Å²) in [5.74, 6) is 2.27. The van der Waals surface area contributed by atoms with Crippen molar-refractivity contribution in [1.82, 2.24) is 10.2 Å². The van der Waals surface area contributed by atoms with E-state index in [1.54, 1.807) is 54.5 Å². The summed E-state index contributed by atoms with van der Waals surface area (Å²) >= 11 is 3.22. The Morgan fingerprint density at radius 2 is 1.49 bits per heavy atom. The third-order valence-corrected chi connectivity index (χ3v) is 6.95. The van der Waals surface area contributed by atoms with E-state index in [2.05, 4.69) is 10.2 Å². The van der Waals surface area contributed by atoms with Gasteiger partial charge in [-0.1, -0.05) is 89.8 Å². The predicted octanol–water partition coefficient (Wildman–Crippen LogP) is 6.68. The van der Waals surface area contributed by atoms with Crippen molar-refractivity contribution in [2.75, 3.05) is 19.5 Å². The molecule has 0 saturated carbocycles. The Kier molecular flexibility index (Phi) is 8.86. The van der Waals surface area contributed by atoms with Gasteiger partial charge in [0.1, 0.15) is 16.5 Å². The normalized spacial score (nSPS) is 11.2. The molecule has 0 aliphatic heterocycles. The minimum Gasteiger partial charge on any atom is -0.497 e. The summed E-state index contributed by atoms with van der Waals surface area (Å²) in [6.45, 7) is 0.564. The number of aromatic nitrogens is 2. The molecule has 0 fully saturated rings. The molecule has 176 valence electrons. The van der Waals surface area contributed by atoms with Gasteiger partial charge in [-0.2, -0.15) is 0 Å². The van der Waals surface area contributed by atoms with E-state index >= 15 is 0 Å². The van der Waals surface area contributed by atoms with Gasteiger partial charge in [-0.3, -0.25) is 4.79 Å². The van der Waals surface area contributed by atoms with Gasteiger partial charge in [-0.15, -0.1) is 10.2 Å². The number of thioether (sulfide) groups is 1. The lowest BCUT2D eigenvalue weighted by molar-refractivity contribution is -0.110. The molecule has 0 amide bonds. The van der Waals surface area contributed by atoms with Crippen LogP contribution in [0.5, 0.6) is 11.5 Å². The summed E-state index contributed by atoms with van der Waals surface area (Å²) in [6, 6.07) is 25.2. The van der Waals surface area contributed by atoms with Crippen LogP contribution >= 0.6 is 23.1 Å². The van der Waals surface area contributed by atoms with Crippen molar-refractivity contribution in [2.24, 2.45) is 0 Å². The number of hydrogen-bond donors (Lipinski definition) is 0. The number of hydrogen-bond acceptors (Lipinski definition) is 7. The highest BCUT2D eigenvalue weighted by molar-refractivity contribution is 8.01. The number of nitrogens with zero attached hydrogens (tertiary/aromatic N) is 2. The maximum absolute atomic E-state index is 12.1. The van der Waals surface area contributed by atoms with Gasteiger partial charge < -0.3 is 9.47 Å². The fourth-order valence-electron chi connectivity index (χ4n) is 3.06. The molecular formula is C28H24N2O3S2. The lowest BCUT2D eigenvalue weighted by atomic mass is 10.1. The summed E-state index contributed by atoms with van der Waals surface area (Å²) in [6.07, 6.45) is 6.68. The molecule has 0 radical (unpaired) electrons. The molecular weight excluding hydrogens is 476 g/mol. The van der Waals surface area contributed by atoms with Crippen molar-refractivity contribution < 1.29 is 14.3 Å². The van der Waals surface area contributed by atoms with Crippen molar-refractivity contribution in [3.63, 3.8) is 0 Å². The van der Waals surface area contributed by atoms with E-state index in [0.29, 0.717) is 6.61 Å². The molecule has 0 N–H and O–H groups in total. The molecule has 4 rings (SSSR count). The second-order valence-corrected chi connectivity index (χ2v) is 9.67. The zero-order chi connectivity index (χ0) is 24.3. The number of benzene rings is 3. The number of carbonyl (C=O) groups is 1. The molecule has 35 heavy (non-hydrogen) atoms. The largest absolute Gasteiger partial charge is 0.497 e. The SMILES string of the molecule is COc1ccc(/C=C/C(=O)/C=C/c2ccc(OCCSc3nnc(-c4ccccc4)s3)cc2)cc1. The van der Waals surface area contributed by atoms with Gasteiger partial charge in [0.05, 0.1) is 13.7 Å². The van der Waals surface area contributed by atoms with Gasteiger partial charge in [-0.25, -0.2) is 0 Å². The lowest BCUT2D eigenvalue weighted by Crippen LogP contribution is -1.99. The highest BCUT2D eigenvalue weighted by Crippen LogP contribution is 2.29. The number of ether oxygens (including phenoxy) is 2. The van der Waals surface area contributed by atoms with E-state index in [0.717, 1.165) is 43.3 Å². The van der Waals surface area contributed by atoms with E-state index in [-0.39, 0.29) is 5.78 Å². The molecule has 3 aromatic carbocycles. The van der Waals surface area contributed by atoms with Crippen molar-refractivity contribution in [3.05, 3.63) is 102 Å². The van der Waals surface area contributed by atoms with Crippen LogP contribution in [0.1, 0.15) is 11.1 Å². The van der Waals surface area contributed by atoms with E-state index in [1.165, 1.54) is 0 Å². The van der Waals surface area contributed by atoms with Gasteiger partial charge in [0.15, 0.2) is 10.1 Å². The molecule has 1 heterocycles. The zero-order valence-electron chi connectivity index (χ0n) is 19.2. The first kappa shape index (κ1) is 24.4. The van der Waals surface area contributed by atoms with Crippen LogP contribution < -0.4 is 9.47 Å². The molecule has 4 aromatic rings. The fourth-order valence-corrected chi connectivity index (χ4v) is 4.80. The second-order valence-electron chi connectivity index (χ2n) is 7.35. The van der Waals surface area contributed by atoms with Crippen molar-refractivity contribution in [3.8, 4) is 22.1 Å². The van der Waals surface area contributed by atoms with Gasteiger partial charge in [0.25, 0.3) is 0 Å². The van der Waals surface area contributed by atoms with E-state index in [9.17, 15) is 4.79 Å². The average molecular weight is 501 g/mol. The van der Waals surface area contributed by atoms with Crippen LogP contribution in [-0.4, -0.2) is 35.5 Å². The molecule has 7 heteroatoms. The Bertz CT molecular complexity index is 1280. The van der Waals surface area contributed by atoms with Crippen molar-refractivity contribution in [2.45, 2.75) is 4.34 Å². The Hall–Kier alpha value is -3.68. The van der Waals surface area contributed by atoms with Crippen molar-refractivity contribution >= 4 is 41.0 Å². The Morgan fingerprint density at radius 1 is 0.857 bits per heavy atom. The molecule has 1 aromatic heterocycles.